The molecule has 188 valence electrons. The van der Waals surface area contributed by atoms with Crippen LogP contribution in [0.15, 0.2) is 42.7 Å². The zero-order valence-corrected chi connectivity index (χ0v) is 20.1. The predicted molar refractivity (Wildman–Crippen MR) is 129 cm³/mol. The lowest BCUT2D eigenvalue weighted by atomic mass is 9.97. The molecule has 1 amide bonds. The quantitative estimate of drug-likeness (QED) is 0.437. The molecule has 0 bridgehead atoms. The van der Waals surface area contributed by atoms with Gasteiger partial charge in [-0.25, -0.2) is 9.37 Å². The van der Waals surface area contributed by atoms with Gasteiger partial charge in [0.2, 0.25) is 0 Å². The molecule has 0 radical (unpaired) electrons. The number of hydrogen-bond acceptors (Lipinski definition) is 7. The number of aliphatic hydroxyl groups excluding tert-OH is 1. The molecule has 1 aromatic carbocycles. The summed E-state index contributed by atoms with van der Waals surface area (Å²) >= 11 is 0. The minimum atomic E-state index is -0.713. The minimum absolute atomic E-state index is 0.148. The van der Waals surface area contributed by atoms with E-state index in [-0.39, 0.29) is 36.1 Å². The van der Waals surface area contributed by atoms with Crippen LogP contribution >= 0.6 is 0 Å². The van der Waals surface area contributed by atoms with Crippen molar-refractivity contribution < 1.29 is 23.8 Å². The zero-order chi connectivity index (χ0) is 25.8. The number of carbonyl (C=O) groups is 1. The molecule has 0 aliphatic carbocycles. The van der Waals surface area contributed by atoms with Gasteiger partial charge in [0.25, 0.3) is 5.91 Å². The Morgan fingerprint density at radius 3 is 2.81 bits per heavy atom. The van der Waals surface area contributed by atoms with Gasteiger partial charge in [-0.05, 0) is 30.7 Å². The largest absolute Gasteiger partial charge is 0.388 e. The number of benzene rings is 1. The molecular formula is C26H23FN6O4. The maximum absolute atomic E-state index is 15.3. The van der Waals surface area contributed by atoms with Gasteiger partial charge in [-0.15, -0.1) is 0 Å². The van der Waals surface area contributed by atoms with E-state index >= 15 is 4.39 Å². The number of halogens is 1. The zero-order valence-electron chi connectivity index (χ0n) is 20.1. The fraction of sp³-hybridized carbons (Fsp3) is 0.308. The maximum Gasteiger partial charge on any atom is 0.251 e. The van der Waals surface area contributed by atoms with Gasteiger partial charge >= 0.3 is 0 Å². The van der Waals surface area contributed by atoms with E-state index in [2.05, 4.69) is 21.5 Å². The highest BCUT2D eigenvalue weighted by molar-refractivity contribution is 5.95. The maximum atomic E-state index is 15.3. The van der Waals surface area contributed by atoms with E-state index in [4.69, 9.17) is 9.47 Å². The first-order valence-corrected chi connectivity index (χ1v) is 11.8. The molecule has 3 aromatic heterocycles. The van der Waals surface area contributed by atoms with Gasteiger partial charge in [-0.1, -0.05) is 12.1 Å². The van der Waals surface area contributed by atoms with Crippen molar-refractivity contribution in [2.75, 3.05) is 13.2 Å². The summed E-state index contributed by atoms with van der Waals surface area (Å²) in [5.41, 5.74) is 3.17. The topological polar surface area (TPSA) is 127 Å². The summed E-state index contributed by atoms with van der Waals surface area (Å²) in [6.07, 6.45) is 1.77. The molecule has 2 aliphatic rings. The number of pyridine rings is 1. The number of nitrogens with one attached hydrogen (secondary N) is 1. The Hall–Kier alpha value is -4.11. The van der Waals surface area contributed by atoms with Crippen LogP contribution in [-0.4, -0.2) is 67.7 Å². The lowest BCUT2D eigenvalue weighted by molar-refractivity contribution is 0.0178. The van der Waals surface area contributed by atoms with Gasteiger partial charge in [0.15, 0.2) is 5.69 Å². The molecule has 4 atom stereocenters. The number of fused-ring (bicyclic) bond motifs is 2. The number of aromatic nitrogens is 4. The summed E-state index contributed by atoms with van der Waals surface area (Å²) in [7, 11) is 1.78. The molecule has 37 heavy (non-hydrogen) atoms. The summed E-state index contributed by atoms with van der Waals surface area (Å²) in [4.78, 5) is 17.6. The molecule has 2 N–H and O–H groups in total. The molecule has 10 nitrogen and oxygen atoms in total. The van der Waals surface area contributed by atoms with Crippen molar-refractivity contribution in [3.05, 3.63) is 65.5 Å². The average Bonchev–Trinajstić information content (AvgIpc) is 3.63. The molecule has 2 fully saturated rings. The highest BCUT2D eigenvalue weighted by atomic mass is 19.1. The van der Waals surface area contributed by atoms with Crippen molar-refractivity contribution >= 4 is 11.6 Å². The Balaban J connectivity index is 1.38. The highest BCUT2D eigenvalue weighted by Crippen LogP contribution is 2.37. The van der Waals surface area contributed by atoms with Crippen LogP contribution in [0.5, 0.6) is 0 Å². The van der Waals surface area contributed by atoms with E-state index in [0.717, 1.165) is 5.56 Å². The van der Waals surface area contributed by atoms with E-state index in [1.807, 2.05) is 6.92 Å². The number of imidazole rings is 1. The number of ether oxygens (including phenoxy) is 2. The second-order valence-electron chi connectivity index (χ2n) is 9.27. The van der Waals surface area contributed by atoms with Gasteiger partial charge in [0, 0.05) is 36.1 Å². The number of hydrogen-bond donors (Lipinski definition) is 2. The normalized spacial score (nSPS) is 22.8. The second-order valence-corrected chi connectivity index (χ2v) is 9.27. The number of nitrogens with zero attached hydrogens (tertiary/aromatic N) is 5. The third-order valence-corrected chi connectivity index (χ3v) is 6.89. The number of carbonyl (C=O) groups excluding carboxylic acids is 1. The molecule has 0 unspecified atom stereocenters. The molecule has 2 aliphatic heterocycles. The number of amides is 1. The van der Waals surface area contributed by atoms with Crippen LogP contribution < -0.4 is 5.32 Å². The average molecular weight is 503 g/mol. The van der Waals surface area contributed by atoms with E-state index < -0.39 is 30.2 Å². The lowest BCUT2D eigenvalue weighted by Crippen LogP contribution is -2.44. The fourth-order valence-corrected chi connectivity index (χ4v) is 5.17. The summed E-state index contributed by atoms with van der Waals surface area (Å²) in [5.74, 6) is -0.893. The van der Waals surface area contributed by atoms with Crippen LogP contribution in [0.2, 0.25) is 0 Å². The molecule has 11 heteroatoms. The number of aryl methyl sites for hydroxylation is 2. The van der Waals surface area contributed by atoms with E-state index in [9.17, 15) is 15.2 Å². The standard InChI is InChI=1S/C26H23FN6O4/c1-13-16(10-32(2)31-13)15-4-3-5-17(27)22(15)23-19(9-28)33-7-6-14(8-21(33)30-23)26(35)29-18-11-36-25-20(34)12-37-24(18)25/h3-8,10,18,20,24-25,34H,11-12H2,1-2H3,(H,29,35)/t18-,20-,24-,25-/m1/s1. The van der Waals surface area contributed by atoms with E-state index in [0.29, 0.717) is 22.5 Å². The Morgan fingerprint density at radius 1 is 1.24 bits per heavy atom. The van der Waals surface area contributed by atoms with E-state index in [1.54, 1.807) is 48.4 Å². The fourth-order valence-electron chi connectivity index (χ4n) is 5.17. The van der Waals surface area contributed by atoms with Crippen LogP contribution in [0.25, 0.3) is 28.0 Å². The van der Waals surface area contributed by atoms with Crippen LogP contribution in [0.1, 0.15) is 21.7 Å². The van der Waals surface area contributed by atoms with Crippen molar-refractivity contribution in [3.8, 4) is 28.5 Å². The Labute approximate surface area is 210 Å². The monoisotopic (exact) mass is 502 g/mol. The second kappa shape index (κ2) is 8.77. The van der Waals surface area contributed by atoms with Crippen molar-refractivity contribution in [2.45, 2.75) is 31.3 Å². The summed E-state index contributed by atoms with van der Waals surface area (Å²) in [5, 5.41) is 27.2. The molecule has 2 saturated heterocycles. The number of aliphatic hydroxyl groups is 1. The third kappa shape index (κ3) is 3.77. The summed E-state index contributed by atoms with van der Waals surface area (Å²) in [6.45, 7) is 2.23. The number of rotatable bonds is 4. The smallest absolute Gasteiger partial charge is 0.251 e. The Morgan fingerprint density at radius 2 is 2.05 bits per heavy atom. The third-order valence-electron chi connectivity index (χ3n) is 6.89. The first-order chi connectivity index (χ1) is 17.9. The van der Waals surface area contributed by atoms with Crippen molar-refractivity contribution in [1.82, 2.24) is 24.5 Å². The van der Waals surface area contributed by atoms with Gasteiger partial charge in [-0.2, -0.15) is 10.4 Å². The van der Waals surface area contributed by atoms with Crippen LogP contribution in [0.4, 0.5) is 4.39 Å². The molecule has 0 spiro atoms. The lowest BCUT2D eigenvalue weighted by Gasteiger charge is -2.17. The first-order valence-electron chi connectivity index (χ1n) is 11.8. The van der Waals surface area contributed by atoms with Crippen LogP contribution in [0.3, 0.4) is 0 Å². The van der Waals surface area contributed by atoms with Crippen molar-refractivity contribution in [1.29, 1.82) is 5.26 Å². The molecular weight excluding hydrogens is 479 g/mol. The van der Waals surface area contributed by atoms with Gasteiger partial charge in [-0.3, -0.25) is 13.9 Å². The van der Waals surface area contributed by atoms with Gasteiger partial charge < -0.3 is 19.9 Å². The van der Waals surface area contributed by atoms with Crippen LogP contribution in [0, 0.1) is 24.1 Å². The first kappa shape index (κ1) is 23.3. The summed E-state index contributed by atoms with van der Waals surface area (Å²) < 4.78 is 29.6. The van der Waals surface area contributed by atoms with Gasteiger partial charge in [0.1, 0.15) is 41.5 Å². The SMILES string of the molecule is Cc1nn(C)cc1-c1cccc(F)c1-c1nc2cc(C(=O)N[C@@H]3CO[C@H]4[C@@H]3OC[C@H]4O)ccn2c1C#N. The predicted octanol–water partition coefficient (Wildman–Crippen LogP) is 1.98. The van der Waals surface area contributed by atoms with Crippen LogP contribution in [-0.2, 0) is 16.5 Å². The van der Waals surface area contributed by atoms with Crippen molar-refractivity contribution in [3.63, 3.8) is 0 Å². The molecule has 5 heterocycles. The molecule has 0 saturated carbocycles. The minimum Gasteiger partial charge on any atom is -0.388 e. The highest BCUT2D eigenvalue weighted by Gasteiger charge is 2.47. The van der Waals surface area contributed by atoms with Gasteiger partial charge in [0.05, 0.1) is 24.9 Å². The molecule has 6 rings (SSSR count). The Kier molecular flexibility index (Phi) is 5.52. The molecule has 4 aromatic rings. The Bertz CT molecular complexity index is 1590. The number of nitriles is 1. The van der Waals surface area contributed by atoms with Crippen molar-refractivity contribution in [2.24, 2.45) is 7.05 Å². The summed E-state index contributed by atoms with van der Waals surface area (Å²) in [6, 6.07) is 9.55. The van der Waals surface area contributed by atoms with E-state index in [1.165, 1.54) is 10.5 Å².